The first-order valence-corrected chi connectivity index (χ1v) is 13.1. The van der Waals surface area contributed by atoms with Crippen molar-refractivity contribution >= 4 is 28.7 Å². The number of methoxy groups -OCH3 is 1. The number of rotatable bonds is 8. The molecule has 5 rings (SSSR count). The molecule has 2 heterocycles. The van der Waals surface area contributed by atoms with Gasteiger partial charge < -0.3 is 20.1 Å². The topological polar surface area (TPSA) is 89.9 Å². The average Bonchev–Trinajstić information content (AvgIpc) is 3.27. The van der Waals surface area contributed by atoms with E-state index in [9.17, 15) is 9.90 Å². The summed E-state index contributed by atoms with van der Waals surface area (Å²) in [7, 11) is 1.63. The number of carbonyl (C=O) groups is 1. The Morgan fingerprint density at radius 2 is 1.82 bits per heavy atom. The molecular weight excluding hydrogens is 476 g/mol. The fourth-order valence-electron chi connectivity index (χ4n) is 4.93. The zero-order valence-corrected chi connectivity index (χ0v) is 21.9. The van der Waals surface area contributed by atoms with Gasteiger partial charge in [-0.15, -0.1) is 0 Å². The van der Waals surface area contributed by atoms with Gasteiger partial charge in [0, 0.05) is 29.2 Å². The quantitative estimate of drug-likeness (QED) is 0.250. The van der Waals surface area contributed by atoms with Crippen LogP contribution in [-0.2, 0) is 6.54 Å². The molecule has 1 unspecified atom stereocenters. The van der Waals surface area contributed by atoms with Crippen LogP contribution in [-0.4, -0.2) is 47.3 Å². The Balaban J connectivity index is 1.29. The van der Waals surface area contributed by atoms with E-state index in [1.807, 2.05) is 43.3 Å². The molecule has 3 N–H and O–H groups in total. The van der Waals surface area contributed by atoms with Gasteiger partial charge in [0.1, 0.15) is 5.75 Å². The molecule has 0 aliphatic carbocycles. The molecule has 1 aromatic heterocycles. The van der Waals surface area contributed by atoms with Gasteiger partial charge in [0.25, 0.3) is 5.91 Å². The molecule has 0 spiro atoms. The highest BCUT2D eigenvalue weighted by molar-refractivity contribution is 6.06. The number of benzene rings is 3. The Morgan fingerprint density at radius 1 is 1.08 bits per heavy atom. The molecule has 1 aliphatic heterocycles. The van der Waals surface area contributed by atoms with Crippen molar-refractivity contribution in [2.24, 2.45) is 4.99 Å². The van der Waals surface area contributed by atoms with E-state index < -0.39 is 0 Å². The summed E-state index contributed by atoms with van der Waals surface area (Å²) in [5.74, 6) is 0.602. The van der Waals surface area contributed by atoms with Crippen LogP contribution in [0.2, 0.25) is 0 Å². The molecule has 1 saturated heterocycles. The minimum atomic E-state index is -0.192. The van der Waals surface area contributed by atoms with Crippen LogP contribution in [0.4, 0.5) is 5.69 Å². The first-order chi connectivity index (χ1) is 18.5. The van der Waals surface area contributed by atoms with Crippen molar-refractivity contribution in [3.05, 3.63) is 89.0 Å². The van der Waals surface area contributed by atoms with Crippen LogP contribution in [0.3, 0.4) is 0 Å². The fraction of sp³-hybridized carbons (Fsp3) is 0.290. The maximum Gasteiger partial charge on any atom is 0.251 e. The van der Waals surface area contributed by atoms with Gasteiger partial charge >= 0.3 is 0 Å². The normalized spacial score (nSPS) is 15.1. The van der Waals surface area contributed by atoms with Gasteiger partial charge in [0.15, 0.2) is 5.88 Å². The second kappa shape index (κ2) is 11.5. The lowest BCUT2D eigenvalue weighted by molar-refractivity contribution is 0.0940. The van der Waals surface area contributed by atoms with Crippen molar-refractivity contribution in [1.29, 1.82) is 0 Å². The SMILES string of the molecule is COc1ccc(C(C)NC(=O)c2ccc3[nH]c(O)c(C=Nc4ccc(CN5CCCCC5)cc4)c3c2)cc1. The number of likely N-dealkylation sites (tertiary alicyclic amines) is 1. The van der Waals surface area contributed by atoms with E-state index in [1.54, 1.807) is 31.5 Å². The summed E-state index contributed by atoms with van der Waals surface area (Å²) < 4.78 is 5.21. The number of amides is 1. The van der Waals surface area contributed by atoms with E-state index in [1.165, 1.54) is 37.9 Å². The molecule has 1 fully saturated rings. The first-order valence-electron chi connectivity index (χ1n) is 13.1. The Bertz CT molecular complexity index is 1420. The Hall–Kier alpha value is -4.10. The van der Waals surface area contributed by atoms with Gasteiger partial charge in [-0.1, -0.05) is 30.7 Å². The highest BCUT2D eigenvalue weighted by atomic mass is 16.5. The van der Waals surface area contributed by atoms with E-state index in [0.717, 1.165) is 34.4 Å². The molecule has 7 nitrogen and oxygen atoms in total. The molecule has 1 atom stereocenters. The molecule has 0 bridgehead atoms. The lowest BCUT2D eigenvalue weighted by Gasteiger charge is -2.26. The second-order valence-electron chi connectivity index (χ2n) is 9.88. The van der Waals surface area contributed by atoms with Crippen molar-refractivity contribution in [2.45, 2.75) is 38.8 Å². The summed E-state index contributed by atoms with van der Waals surface area (Å²) in [5.41, 5.74) is 4.86. The van der Waals surface area contributed by atoms with Crippen LogP contribution in [0.15, 0.2) is 71.7 Å². The summed E-state index contributed by atoms with van der Waals surface area (Å²) in [5, 5.41) is 14.3. The zero-order chi connectivity index (χ0) is 26.5. The highest BCUT2D eigenvalue weighted by Crippen LogP contribution is 2.28. The lowest BCUT2D eigenvalue weighted by Crippen LogP contribution is -2.28. The van der Waals surface area contributed by atoms with Crippen molar-refractivity contribution in [3.63, 3.8) is 0 Å². The van der Waals surface area contributed by atoms with Crippen molar-refractivity contribution in [1.82, 2.24) is 15.2 Å². The summed E-state index contributed by atoms with van der Waals surface area (Å²) in [6, 6.07) is 21.0. The van der Waals surface area contributed by atoms with E-state index in [2.05, 4.69) is 32.3 Å². The van der Waals surface area contributed by atoms with Crippen molar-refractivity contribution in [3.8, 4) is 11.6 Å². The second-order valence-corrected chi connectivity index (χ2v) is 9.88. The number of aromatic hydroxyl groups is 1. The number of hydrogen-bond acceptors (Lipinski definition) is 5. The minimum Gasteiger partial charge on any atom is -0.497 e. The van der Waals surface area contributed by atoms with Gasteiger partial charge in [-0.3, -0.25) is 14.7 Å². The van der Waals surface area contributed by atoms with Gasteiger partial charge in [-0.2, -0.15) is 0 Å². The van der Waals surface area contributed by atoms with Crippen LogP contribution in [0.25, 0.3) is 10.9 Å². The third kappa shape index (κ3) is 5.89. The maximum absolute atomic E-state index is 13.0. The summed E-state index contributed by atoms with van der Waals surface area (Å²) in [6.45, 7) is 5.24. The molecule has 3 aromatic carbocycles. The number of nitrogens with zero attached hydrogens (tertiary/aromatic N) is 2. The van der Waals surface area contributed by atoms with Crippen LogP contribution in [0, 0.1) is 0 Å². The van der Waals surface area contributed by atoms with E-state index in [0.29, 0.717) is 11.1 Å². The summed E-state index contributed by atoms with van der Waals surface area (Å²) in [6.07, 6.45) is 5.54. The third-order valence-corrected chi connectivity index (χ3v) is 7.18. The molecule has 0 radical (unpaired) electrons. The number of piperidine rings is 1. The molecule has 7 heteroatoms. The number of fused-ring (bicyclic) bond motifs is 1. The lowest BCUT2D eigenvalue weighted by atomic mass is 10.1. The number of aromatic amines is 1. The average molecular weight is 511 g/mol. The number of ether oxygens (including phenoxy) is 1. The molecule has 4 aromatic rings. The van der Waals surface area contributed by atoms with Crippen LogP contribution >= 0.6 is 0 Å². The van der Waals surface area contributed by atoms with Crippen LogP contribution in [0.1, 0.15) is 59.3 Å². The summed E-state index contributed by atoms with van der Waals surface area (Å²) in [4.78, 5) is 23.1. The predicted octanol–water partition coefficient (Wildman–Crippen LogP) is 6.11. The first kappa shape index (κ1) is 25.5. The molecular formula is C31H34N4O3. The summed E-state index contributed by atoms with van der Waals surface area (Å²) >= 11 is 0. The van der Waals surface area contributed by atoms with Crippen LogP contribution in [0.5, 0.6) is 11.6 Å². The Labute approximate surface area is 223 Å². The standard InChI is InChI=1S/C31H34N4O3/c1-21(23-8-13-26(38-2)14-9-23)33-30(36)24-10-15-29-27(18-24)28(31(37)34-29)19-32-25-11-6-22(7-12-25)20-35-16-4-3-5-17-35/h6-15,18-19,21,34,37H,3-5,16-17,20H2,1-2H3,(H,33,36). The largest absolute Gasteiger partial charge is 0.497 e. The smallest absolute Gasteiger partial charge is 0.251 e. The van der Waals surface area contributed by atoms with Crippen LogP contribution < -0.4 is 10.1 Å². The van der Waals surface area contributed by atoms with Gasteiger partial charge in [0.2, 0.25) is 0 Å². The molecule has 1 aliphatic rings. The number of carbonyl (C=O) groups excluding carboxylic acids is 1. The number of aromatic nitrogens is 1. The fourth-order valence-corrected chi connectivity index (χ4v) is 4.93. The van der Waals surface area contributed by atoms with Crippen molar-refractivity contribution < 1.29 is 14.6 Å². The molecule has 1 amide bonds. The molecule has 196 valence electrons. The monoisotopic (exact) mass is 510 g/mol. The number of nitrogens with one attached hydrogen (secondary N) is 2. The minimum absolute atomic E-state index is 0.0228. The number of H-pyrrole nitrogens is 1. The Kier molecular flexibility index (Phi) is 7.75. The number of hydrogen-bond donors (Lipinski definition) is 3. The van der Waals surface area contributed by atoms with E-state index in [-0.39, 0.29) is 17.8 Å². The zero-order valence-electron chi connectivity index (χ0n) is 21.9. The van der Waals surface area contributed by atoms with Gasteiger partial charge in [0.05, 0.1) is 24.4 Å². The van der Waals surface area contributed by atoms with Crippen molar-refractivity contribution in [2.75, 3.05) is 20.2 Å². The van der Waals surface area contributed by atoms with Gasteiger partial charge in [-0.25, -0.2) is 0 Å². The van der Waals surface area contributed by atoms with E-state index >= 15 is 0 Å². The third-order valence-electron chi connectivity index (χ3n) is 7.18. The highest BCUT2D eigenvalue weighted by Gasteiger charge is 2.15. The molecule has 38 heavy (non-hydrogen) atoms. The van der Waals surface area contributed by atoms with E-state index in [4.69, 9.17) is 4.74 Å². The number of aliphatic imine (C=N–C) groups is 1. The predicted molar refractivity (Wildman–Crippen MR) is 152 cm³/mol. The Morgan fingerprint density at radius 3 is 2.53 bits per heavy atom. The van der Waals surface area contributed by atoms with Gasteiger partial charge in [-0.05, 0) is 86.4 Å². The maximum atomic E-state index is 13.0. The molecule has 0 saturated carbocycles.